The van der Waals surface area contributed by atoms with Gasteiger partial charge >= 0.3 is 12.4 Å². The predicted octanol–water partition coefficient (Wildman–Crippen LogP) is 9.23. The average molecular weight is 763 g/mol. The van der Waals surface area contributed by atoms with Crippen molar-refractivity contribution in [2.24, 2.45) is 0 Å². The lowest BCUT2D eigenvalue weighted by Crippen LogP contribution is -2.27. The Morgan fingerprint density at radius 3 is 0.750 bits per heavy atom. The van der Waals surface area contributed by atoms with Crippen molar-refractivity contribution in [2.45, 2.75) is 12.4 Å². The summed E-state index contributed by atoms with van der Waals surface area (Å²) in [5, 5.41) is -1.47. The number of rotatable bonds is 7. The van der Waals surface area contributed by atoms with E-state index in [0.29, 0.717) is 12.1 Å². The van der Waals surface area contributed by atoms with E-state index in [1.165, 1.54) is 0 Å². The number of hydrogen-bond acceptors (Lipinski definition) is 2. The Kier molecular flexibility index (Phi) is 9.62. The van der Waals surface area contributed by atoms with Crippen molar-refractivity contribution in [3.8, 4) is 11.1 Å². The number of halogens is 10. The molecule has 0 saturated heterocycles. The van der Waals surface area contributed by atoms with Crippen molar-refractivity contribution < 1.29 is 53.0 Å². The summed E-state index contributed by atoms with van der Waals surface area (Å²) < 4.78 is 174. The molecule has 0 fully saturated rings. The predicted molar refractivity (Wildman–Crippen MR) is 180 cm³/mol. The second kappa shape index (κ2) is 13.6. The van der Waals surface area contributed by atoms with E-state index in [1.807, 2.05) is 0 Å². The van der Waals surface area contributed by atoms with E-state index >= 15 is 0 Å². The van der Waals surface area contributed by atoms with Crippen LogP contribution in [0.1, 0.15) is 11.1 Å². The molecule has 0 aromatic heterocycles. The Labute approximate surface area is 290 Å². The highest BCUT2D eigenvalue weighted by molar-refractivity contribution is 7.85. The van der Waals surface area contributed by atoms with Gasteiger partial charge in [0.15, 0.2) is 14.3 Å². The molecule has 0 heterocycles. The minimum absolute atomic E-state index is 0.126. The molecule has 0 radical (unpaired) electrons. The molecule has 0 unspecified atom stereocenters. The van der Waals surface area contributed by atoms with Crippen LogP contribution in [0.25, 0.3) is 11.1 Å². The summed E-state index contributed by atoms with van der Waals surface area (Å²) in [6, 6.07) is 20.3. The van der Waals surface area contributed by atoms with Gasteiger partial charge in [-0.25, -0.2) is 17.6 Å². The first-order chi connectivity index (χ1) is 24.4. The van der Waals surface area contributed by atoms with Crippen molar-refractivity contribution in [2.75, 3.05) is 0 Å². The lowest BCUT2D eigenvalue weighted by atomic mass is 9.94. The number of benzene rings is 6. The maximum Gasteiger partial charge on any atom is 0.417 e. The average Bonchev–Trinajstić information content (AvgIpc) is 3.11. The molecule has 0 bridgehead atoms. The molecule has 6 aromatic carbocycles. The number of hydrogen-bond donors (Lipinski definition) is 0. The van der Waals surface area contributed by atoms with Crippen LogP contribution in [-0.4, -0.2) is 0 Å². The Morgan fingerprint density at radius 1 is 0.327 bits per heavy atom. The summed E-state index contributed by atoms with van der Waals surface area (Å²) in [5.41, 5.74) is -5.13. The second-order valence-corrected chi connectivity index (χ2v) is 17.1. The molecule has 6 rings (SSSR count). The van der Waals surface area contributed by atoms with Gasteiger partial charge in [0.1, 0.15) is 23.3 Å². The highest BCUT2D eigenvalue weighted by atomic mass is 31.2. The minimum Gasteiger partial charge on any atom is -0.309 e. The first kappa shape index (κ1) is 36.9. The third-order valence-electron chi connectivity index (χ3n) is 8.40. The van der Waals surface area contributed by atoms with Crippen molar-refractivity contribution in [3.05, 3.63) is 168 Å². The molecule has 0 aliphatic rings. The zero-order valence-electron chi connectivity index (χ0n) is 26.2. The monoisotopic (exact) mass is 762 g/mol. The molecule has 6 aromatic rings. The molecular formula is C38H22F10O2P2. The SMILES string of the molecule is O=P(c1ccc(F)cc1)(c1ccc(F)cc1)c1ccc(-c2ccc(P(=O)(c3ccc(F)cc3)c3ccc(F)cc3)cc2C(F)(F)F)c(C(F)(F)F)c1. The maximum atomic E-state index is 14.8. The van der Waals surface area contributed by atoms with Gasteiger partial charge in [-0.2, -0.15) is 26.3 Å². The van der Waals surface area contributed by atoms with Gasteiger partial charge in [0.2, 0.25) is 0 Å². The molecule has 0 atom stereocenters. The lowest BCUT2D eigenvalue weighted by Gasteiger charge is -2.25. The van der Waals surface area contributed by atoms with Gasteiger partial charge in [0.25, 0.3) is 0 Å². The topological polar surface area (TPSA) is 34.1 Å². The van der Waals surface area contributed by atoms with Crippen LogP contribution in [0.5, 0.6) is 0 Å². The van der Waals surface area contributed by atoms with Gasteiger partial charge in [-0.15, -0.1) is 0 Å². The summed E-state index contributed by atoms with van der Waals surface area (Å²) in [5.74, 6) is -2.97. The first-order valence-electron chi connectivity index (χ1n) is 15.1. The molecule has 0 spiro atoms. The van der Waals surface area contributed by atoms with Crippen LogP contribution in [-0.2, 0) is 21.5 Å². The molecular weight excluding hydrogens is 740 g/mol. The van der Waals surface area contributed by atoms with Gasteiger partial charge in [-0.1, -0.05) is 24.3 Å². The highest BCUT2D eigenvalue weighted by Crippen LogP contribution is 2.49. The van der Waals surface area contributed by atoms with E-state index in [4.69, 9.17) is 0 Å². The summed E-state index contributed by atoms with van der Waals surface area (Å²) in [6.45, 7) is 0. The smallest absolute Gasteiger partial charge is 0.309 e. The zero-order chi connectivity index (χ0) is 37.6. The summed E-state index contributed by atoms with van der Waals surface area (Å²) in [4.78, 5) is 0. The third kappa shape index (κ3) is 6.85. The van der Waals surface area contributed by atoms with Gasteiger partial charge < -0.3 is 9.13 Å². The second-order valence-electron chi connectivity index (χ2n) is 11.6. The molecule has 0 aliphatic carbocycles. The van der Waals surface area contributed by atoms with Crippen molar-refractivity contribution >= 4 is 46.1 Å². The van der Waals surface area contributed by atoms with Gasteiger partial charge in [0.05, 0.1) is 11.1 Å². The van der Waals surface area contributed by atoms with Crippen molar-refractivity contribution in [1.29, 1.82) is 0 Å². The molecule has 0 amide bonds. The normalized spacial score (nSPS) is 12.6. The van der Waals surface area contributed by atoms with E-state index in [0.717, 1.165) is 121 Å². The van der Waals surface area contributed by atoms with E-state index in [1.54, 1.807) is 0 Å². The maximum absolute atomic E-state index is 14.8. The standard InChI is InChI=1S/C38H22F10O2P2/c39-23-1-9-27(10-2-23)51(49,28-11-3-24(40)4-12-28)31-17-19-33(35(21-31)37(43,44)45)34-20-18-32(22-36(34)38(46,47)48)52(50,29-13-5-25(41)6-14-29)30-15-7-26(42)8-16-30/h1-22H. The first-order valence-corrected chi connectivity index (χ1v) is 18.5. The van der Waals surface area contributed by atoms with E-state index in [-0.39, 0.29) is 21.2 Å². The van der Waals surface area contributed by atoms with Crippen LogP contribution in [0, 0.1) is 23.3 Å². The van der Waals surface area contributed by atoms with Gasteiger partial charge in [-0.3, -0.25) is 0 Å². The Bertz CT molecular complexity index is 2080. The minimum atomic E-state index is -5.32. The quantitative estimate of drug-likeness (QED) is 0.120. The fourth-order valence-corrected chi connectivity index (χ4v) is 11.1. The molecule has 266 valence electrons. The van der Waals surface area contributed by atoms with Crippen LogP contribution < -0.4 is 31.8 Å². The molecule has 52 heavy (non-hydrogen) atoms. The Morgan fingerprint density at radius 2 is 0.538 bits per heavy atom. The fourth-order valence-electron chi connectivity index (χ4n) is 5.89. The van der Waals surface area contributed by atoms with Crippen LogP contribution in [0.15, 0.2) is 133 Å². The van der Waals surface area contributed by atoms with E-state index in [9.17, 15) is 53.0 Å². The Balaban J connectivity index is 1.59. The van der Waals surface area contributed by atoms with Crippen molar-refractivity contribution in [1.82, 2.24) is 0 Å². The van der Waals surface area contributed by atoms with E-state index < -0.39 is 82.8 Å². The summed E-state index contributed by atoms with van der Waals surface area (Å²) in [7, 11) is -8.64. The Hall–Kier alpha value is -4.92. The fraction of sp³-hybridized carbons (Fsp3) is 0.0526. The van der Waals surface area contributed by atoms with E-state index in [2.05, 4.69) is 0 Å². The van der Waals surface area contributed by atoms with Crippen LogP contribution in [0.3, 0.4) is 0 Å². The summed E-state index contributed by atoms with van der Waals surface area (Å²) >= 11 is 0. The zero-order valence-corrected chi connectivity index (χ0v) is 28.0. The van der Waals surface area contributed by atoms with Gasteiger partial charge in [0, 0.05) is 31.8 Å². The molecule has 0 N–H and O–H groups in total. The highest BCUT2D eigenvalue weighted by Gasteiger charge is 2.42. The number of alkyl halides is 6. The van der Waals surface area contributed by atoms with Crippen LogP contribution >= 0.6 is 14.3 Å². The van der Waals surface area contributed by atoms with Gasteiger partial charge in [-0.05, 0) is 120 Å². The third-order valence-corrected chi connectivity index (χ3v) is 14.5. The molecule has 0 saturated carbocycles. The molecule has 0 aliphatic heterocycles. The van der Waals surface area contributed by atoms with Crippen molar-refractivity contribution in [3.63, 3.8) is 0 Å². The molecule has 14 heteroatoms. The molecule has 2 nitrogen and oxygen atoms in total. The summed E-state index contributed by atoms with van der Waals surface area (Å²) in [6.07, 6.45) is -10.6. The van der Waals surface area contributed by atoms with Crippen LogP contribution in [0.2, 0.25) is 0 Å². The largest absolute Gasteiger partial charge is 0.417 e. The lowest BCUT2D eigenvalue weighted by molar-refractivity contribution is -0.139. The van der Waals surface area contributed by atoms with Crippen LogP contribution in [0.4, 0.5) is 43.9 Å².